The molecule has 1 fully saturated rings. The molecule has 132 valence electrons. The Morgan fingerprint density at radius 2 is 2.00 bits per heavy atom. The number of halogens is 1. The number of aliphatic hydroxyl groups excluding tert-OH is 2. The average Bonchev–Trinajstić information content (AvgIpc) is 2.60. The predicted molar refractivity (Wildman–Crippen MR) is 70.2 cm³/mol. The normalized spacial score (nSPS) is 30.7. The molecule has 2 heterocycles. The Hall–Kier alpha value is -1.44. The molecule has 0 aromatic carbocycles. The van der Waals surface area contributed by atoms with E-state index in [-0.39, 0.29) is 5.82 Å². The lowest BCUT2D eigenvalue weighted by atomic mass is 10.1. The van der Waals surface area contributed by atoms with Gasteiger partial charge in [0.05, 0.1) is 6.61 Å². The minimum Gasteiger partial charge on any atom is -0.394 e. The van der Waals surface area contributed by atoms with Crippen LogP contribution in [0.1, 0.15) is 6.23 Å². The SMILES string of the molecule is Nc1ccn([C@@H]2O[C@H](CO)[C@@H](O)[C@]2(O)F)c(=O)n1.O=P(O)(O)O. The Balaban J connectivity index is 0.000000463. The van der Waals surface area contributed by atoms with Crippen LogP contribution in [0.15, 0.2) is 17.1 Å². The fourth-order valence-corrected chi connectivity index (χ4v) is 1.75. The molecule has 2 rings (SSSR count). The average molecular weight is 359 g/mol. The molecule has 1 aliphatic rings. The second-order valence-electron chi connectivity index (χ2n) is 4.44. The fraction of sp³-hybridized carbons (Fsp3) is 0.556. The number of aromatic nitrogens is 2. The highest BCUT2D eigenvalue weighted by molar-refractivity contribution is 7.45. The van der Waals surface area contributed by atoms with E-state index in [1.807, 2.05) is 0 Å². The monoisotopic (exact) mass is 359 g/mol. The molecule has 23 heavy (non-hydrogen) atoms. The third kappa shape index (κ3) is 5.02. The van der Waals surface area contributed by atoms with Crippen LogP contribution in [-0.2, 0) is 9.30 Å². The van der Waals surface area contributed by atoms with Crippen LogP contribution in [-0.4, -0.2) is 64.2 Å². The third-order valence-corrected chi connectivity index (χ3v) is 2.70. The highest BCUT2D eigenvalue weighted by Crippen LogP contribution is 2.38. The Morgan fingerprint density at radius 3 is 2.39 bits per heavy atom. The van der Waals surface area contributed by atoms with Gasteiger partial charge in [-0.3, -0.25) is 4.57 Å². The van der Waals surface area contributed by atoms with Gasteiger partial charge < -0.3 is 40.5 Å². The maximum absolute atomic E-state index is 13.9. The number of nitrogens with two attached hydrogens (primary N) is 1. The van der Waals surface area contributed by atoms with E-state index in [0.29, 0.717) is 4.57 Å². The molecule has 0 unspecified atom stereocenters. The number of phosphoric acid groups is 1. The Bertz CT molecular complexity index is 639. The summed E-state index contributed by atoms with van der Waals surface area (Å²) in [6.07, 6.45) is -4.04. The molecular formula is C9H15FN3O9P. The van der Waals surface area contributed by atoms with Gasteiger partial charge in [0.2, 0.25) is 0 Å². The summed E-state index contributed by atoms with van der Waals surface area (Å²) in [6.45, 7) is -0.707. The van der Waals surface area contributed by atoms with Gasteiger partial charge in [0.15, 0.2) is 6.23 Å². The molecule has 0 radical (unpaired) electrons. The molecule has 14 heteroatoms. The molecule has 0 spiro atoms. The number of nitrogen functional groups attached to an aromatic ring is 1. The van der Waals surface area contributed by atoms with Gasteiger partial charge in [0.25, 0.3) is 5.85 Å². The number of hydrogen-bond acceptors (Lipinski definition) is 8. The Morgan fingerprint density at radius 1 is 1.48 bits per heavy atom. The van der Waals surface area contributed by atoms with Crippen LogP contribution in [0.5, 0.6) is 0 Å². The second-order valence-corrected chi connectivity index (χ2v) is 5.46. The van der Waals surface area contributed by atoms with Crippen molar-refractivity contribution < 1.29 is 43.7 Å². The summed E-state index contributed by atoms with van der Waals surface area (Å²) in [5.74, 6) is -3.29. The van der Waals surface area contributed by atoms with Crippen molar-refractivity contribution in [3.63, 3.8) is 0 Å². The van der Waals surface area contributed by atoms with Crippen LogP contribution >= 0.6 is 7.82 Å². The van der Waals surface area contributed by atoms with Gasteiger partial charge in [-0.25, -0.2) is 13.8 Å². The standard InChI is InChI=1S/C9H12FN3O5.H3O4P/c10-9(17)6(15)4(3-14)18-7(9)13-2-1-5(11)12-8(13)16;1-5(2,3)4/h1-2,4,6-7,14-15,17H,3H2,(H2,11,12,16);(H3,1,2,3,4)/t4-,6-,7-,9-;/m1./s1. The predicted octanol–water partition coefficient (Wildman–Crippen LogP) is -3.19. The largest absolute Gasteiger partial charge is 0.466 e. The number of anilines is 1. The van der Waals surface area contributed by atoms with E-state index in [9.17, 15) is 19.4 Å². The van der Waals surface area contributed by atoms with Crippen molar-refractivity contribution in [2.75, 3.05) is 12.3 Å². The maximum atomic E-state index is 13.9. The molecule has 8 N–H and O–H groups in total. The quantitative estimate of drug-likeness (QED) is 0.261. The minimum absolute atomic E-state index is 0.0732. The van der Waals surface area contributed by atoms with Crippen LogP contribution in [0, 0.1) is 0 Å². The molecule has 4 atom stereocenters. The van der Waals surface area contributed by atoms with Gasteiger partial charge >= 0.3 is 13.5 Å². The number of ether oxygens (including phenoxy) is 1. The lowest BCUT2D eigenvalue weighted by molar-refractivity contribution is -0.196. The van der Waals surface area contributed by atoms with Crippen LogP contribution in [0.2, 0.25) is 0 Å². The molecule has 1 aromatic rings. The Kier molecular flexibility index (Phi) is 5.95. The topological polar surface area (TPSA) is 209 Å². The zero-order chi connectivity index (χ0) is 18.0. The molecule has 0 saturated carbocycles. The summed E-state index contributed by atoms with van der Waals surface area (Å²) in [6, 6.07) is 1.21. The van der Waals surface area contributed by atoms with E-state index in [4.69, 9.17) is 34.8 Å². The molecule has 1 saturated heterocycles. The van der Waals surface area contributed by atoms with Crippen molar-refractivity contribution in [2.24, 2.45) is 0 Å². The minimum atomic E-state index is -4.64. The number of hydrogen-bond donors (Lipinski definition) is 7. The lowest BCUT2D eigenvalue weighted by Gasteiger charge is -2.23. The van der Waals surface area contributed by atoms with Crippen molar-refractivity contribution in [1.82, 2.24) is 9.55 Å². The van der Waals surface area contributed by atoms with E-state index >= 15 is 0 Å². The van der Waals surface area contributed by atoms with Crippen LogP contribution in [0.3, 0.4) is 0 Å². The zero-order valence-corrected chi connectivity index (χ0v) is 12.2. The van der Waals surface area contributed by atoms with Gasteiger partial charge in [-0.1, -0.05) is 0 Å². The molecule has 0 amide bonds. The van der Waals surface area contributed by atoms with Gasteiger partial charge in [0, 0.05) is 6.20 Å². The van der Waals surface area contributed by atoms with Crippen LogP contribution in [0.4, 0.5) is 10.2 Å². The van der Waals surface area contributed by atoms with Gasteiger partial charge in [0.1, 0.15) is 18.0 Å². The lowest BCUT2D eigenvalue weighted by Crippen LogP contribution is -2.45. The maximum Gasteiger partial charge on any atom is 0.466 e. The molecule has 1 aliphatic heterocycles. The number of alkyl halides is 1. The van der Waals surface area contributed by atoms with Crippen molar-refractivity contribution in [3.05, 3.63) is 22.7 Å². The van der Waals surface area contributed by atoms with E-state index < -0.39 is 44.4 Å². The molecular weight excluding hydrogens is 344 g/mol. The number of aliphatic hydroxyl groups is 3. The summed E-state index contributed by atoms with van der Waals surface area (Å²) in [7, 11) is -4.64. The van der Waals surface area contributed by atoms with Crippen LogP contribution in [0.25, 0.3) is 0 Å². The highest BCUT2D eigenvalue weighted by Gasteiger charge is 2.57. The van der Waals surface area contributed by atoms with Gasteiger partial charge in [-0.2, -0.15) is 4.98 Å². The highest BCUT2D eigenvalue weighted by atomic mass is 31.2. The van der Waals surface area contributed by atoms with E-state index in [0.717, 1.165) is 6.20 Å². The number of nitrogens with zero attached hydrogens (tertiary/aromatic N) is 2. The van der Waals surface area contributed by atoms with E-state index in [1.54, 1.807) is 0 Å². The van der Waals surface area contributed by atoms with E-state index in [2.05, 4.69) is 4.98 Å². The summed E-state index contributed by atoms with van der Waals surface area (Å²) in [4.78, 5) is 36.4. The molecule has 0 bridgehead atoms. The van der Waals surface area contributed by atoms with Gasteiger partial charge in [-0.15, -0.1) is 0 Å². The first-order valence-electron chi connectivity index (χ1n) is 5.86. The van der Waals surface area contributed by atoms with Crippen LogP contribution < -0.4 is 11.4 Å². The smallest absolute Gasteiger partial charge is 0.394 e. The fourth-order valence-electron chi connectivity index (χ4n) is 1.75. The summed E-state index contributed by atoms with van der Waals surface area (Å²) in [5, 5.41) is 27.8. The first-order valence-corrected chi connectivity index (χ1v) is 7.43. The van der Waals surface area contributed by atoms with Gasteiger partial charge in [-0.05, 0) is 6.07 Å². The molecule has 1 aromatic heterocycles. The van der Waals surface area contributed by atoms with Crippen molar-refractivity contribution in [1.29, 1.82) is 0 Å². The van der Waals surface area contributed by atoms with Crippen molar-refractivity contribution >= 4 is 13.6 Å². The third-order valence-electron chi connectivity index (χ3n) is 2.70. The molecule has 12 nitrogen and oxygen atoms in total. The zero-order valence-electron chi connectivity index (χ0n) is 11.3. The number of rotatable bonds is 2. The Labute approximate surface area is 127 Å². The van der Waals surface area contributed by atoms with Crippen molar-refractivity contribution in [3.8, 4) is 0 Å². The summed E-state index contributed by atoms with van der Waals surface area (Å²) in [5.41, 5.74) is 4.32. The first kappa shape index (κ1) is 19.6. The van der Waals surface area contributed by atoms with E-state index in [1.165, 1.54) is 6.07 Å². The molecule has 0 aliphatic carbocycles. The van der Waals surface area contributed by atoms with Crippen molar-refractivity contribution in [2.45, 2.75) is 24.3 Å². The summed E-state index contributed by atoms with van der Waals surface area (Å²) < 4.78 is 28.4. The second kappa shape index (κ2) is 6.98. The summed E-state index contributed by atoms with van der Waals surface area (Å²) >= 11 is 0. The first-order chi connectivity index (χ1) is 10.4.